The number of amides is 2. The highest BCUT2D eigenvalue weighted by Gasteiger charge is 2.51. The number of nitrogens with one attached hydrogen (secondary N) is 3. The molecule has 2 atom stereocenters. The zero-order chi connectivity index (χ0) is 44.9. The van der Waals surface area contributed by atoms with Gasteiger partial charge in [0.1, 0.15) is 10.8 Å². The second kappa shape index (κ2) is 15.8. The Labute approximate surface area is 377 Å². The number of nitrogens with zero attached hydrogens (tertiary/aromatic N) is 8. The van der Waals surface area contributed by atoms with E-state index < -0.39 is 35.9 Å². The molecular weight excluding hydrogens is 863 g/mol. The minimum Gasteiger partial charge on any atom is -0.480 e. The molecule has 7 heterocycles. The Balaban J connectivity index is 0.702. The summed E-state index contributed by atoms with van der Waals surface area (Å²) in [6, 6.07) is 7.82. The maximum absolute atomic E-state index is 15.8. The van der Waals surface area contributed by atoms with E-state index in [1.807, 2.05) is 11.7 Å². The van der Waals surface area contributed by atoms with Gasteiger partial charge in [-0.1, -0.05) is 11.6 Å². The molecule has 2 amide bonds. The summed E-state index contributed by atoms with van der Waals surface area (Å²) in [6.45, 7) is 5.62. The predicted molar refractivity (Wildman–Crippen MR) is 241 cm³/mol. The van der Waals surface area contributed by atoms with Crippen LogP contribution in [0.25, 0.3) is 21.8 Å². The topological polar surface area (TPSA) is 155 Å². The van der Waals surface area contributed by atoms with Crippen LogP contribution in [-0.2, 0) is 23.7 Å². The third-order valence-corrected chi connectivity index (χ3v) is 15.1. The molecule has 342 valence electrons. The van der Waals surface area contributed by atoms with Gasteiger partial charge in [0.2, 0.25) is 23.5 Å². The van der Waals surface area contributed by atoms with Gasteiger partial charge in [-0.25, -0.2) is 18.2 Å². The van der Waals surface area contributed by atoms with Crippen LogP contribution in [0.4, 0.5) is 42.0 Å². The van der Waals surface area contributed by atoms with E-state index in [1.165, 1.54) is 29.9 Å². The summed E-state index contributed by atoms with van der Waals surface area (Å²) in [5.74, 6) is -3.95. The molecule has 2 aliphatic carbocycles. The number of imide groups is 1. The molecule has 1 spiro atoms. The van der Waals surface area contributed by atoms with Crippen molar-refractivity contribution in [3.63, 3.8) is 0 Å². The minimum atomic E-state index is -3.20. The van der Waals surface area contributed by atoms with Gasteiger partial charge in [-0.2, -0.15) is 10.1 Å². The molecule has 0 bridgehead atoms. The van der Waals surface area contributed by atoms with Gasteiger partial charge in [0.25, 0.3) is 5.56 Å². The van der Waals surface area contributed by atoms with Crippen molar-refractivity contribution in [2.45, 2.75) is 69.2 Å². The molecule has 6 aliphatic rings. The van der Waals surface area contributed by atoms with E-state index in [9.17, 15) is 14.4 Å². The number of pyridine rings is 1. The molecule has 1 unspecified atom stereocenters. The van der Waals surface area contributed by atoms with E-state index in [0.717, 1.165) is 93.8 Å². The Morgan fingerprint density at radius 3 is 2.45 bits per heavy atom. The molecule has 4 aliphatic heterocycles. The quantitative estimate of drug-likeness (QED) is 0.150. The van der Waals surface area contributed by atoms with E-state index in [2.05, 4.69) is 53.8 Å². The number of aromatic nitrogens is 5. The zero-order valence-corrected chi connectivity index (χ0v) is 37.1. The smallest absolute Gasteiger partial charge is 0.301 e. The molecule has 0 radical (unpaired) electrons. The molecule has 2 aromatic carbocycles. The summed E-state index contributed by atoms with van der Waals surface area (Å²) in [5, 5.41) is 14.6. The first kappa shape index (κ1) is 42.0. The van der Waals surface area contributed by atoms with Crippen molar-refractivity contribution >= 4 is 74.0 Å². The SMILES string of the molecule is Cn1nc(C2CCC(=O)NC2=O)c2ccc(N3CCN(CC4CCC5(CC4)CN(c4ncc(Cl)c(Nc6cc7c8c(c(=O)n(C)c7cc6F)OCC(F)(F)[C@H](C6CC6)N8)n4)C5)CC3)cc21. The Kier molecular flexibility index (Phi) is 10.2. The first-order valence-corrected chi connectivity index (χ1v) is 23.1. The Bertz CT molecular complexity index is 2810. The van der Waals surface area contributed by atoms with Crippen molar-refractivity contribution in [2.24, 2.45) is 31.3 Å². The molecule has 15 nitrogen and oxygen atoms in total. The molecular formula is C46H51ClF3N11O4. The number of hydrogen-bond donors (Lipinski definition) is 3. The molecule has 5 aromatic rings. The molecule has 3 N–H and O–H groups in total. The van der Waals surface area contributed by atoms with Gasteiger partial charge in [0.15, 0.2) is 12.4 Å². The number of aryl methyl sites for hydroxylation is 2. The lowest BCUT2D eigenvalue weighted by molar-refractivity contribution is -0.134. The number of alkyl halides is 2. The summed E-state index contributed by atoms with van der Waals surface area (Å²) in [6.07, 6.45) is 8.14. The number of rotatable bonds is 8. The lowest BCUT2D eigenvalue weighted by Crippen LogP contribution is -2.58. The number of hydrogen-bond acceptors (Lipinski definition) is 12. The average molecular weight is 914 g/mol. The van der Waals surface area contributed by atoms with Crippen LogP contribution in [0.15, 0.2) is 41.3 Å². The summed E-state index contributed by atoms with van der Waals surface area (Å²) in [4.78, 5) is 54.0. The lowest BCUT2D eigenvalue weighted by atomic mass is 9.66. The number of piperidine rings is 1. The summed E-state index contributed by atoms with van der Waals surface area (Å²) >= 11 is 6.58. The first-order chi connectivity index (χ1) is 31.2. The molecule has 3 aromatic heterocycles. The van der Waals surface area contributed by atoms with E-state index >= 15 is 13.2 Å². The number of ether oxygens (including phenoxy) is 1. The fraction of sp³-hybridized carbons (Fsp3) is 0.522. The van der Waals surface area contributed by atoms with Gasteiger partial charge >= 0.3 is 5.92 Å². The van der Waals surface area contributed by atoms with Gasteiger partial charge in [-0.15, -0.1) is 0 Å². The van der Waals surface area contributed by atoms with Gasteiger partial charge in [-0.05, 0) is 81.0 Å². The first-order valence-electron chi connectivity index (χ1n) is 22.7. The number of halogens is 4. The maximum atomic E-state index is 15.8. The number of carbonyl (C=O) groups is 2. The van der Waals surface area contributed by atoms with Crippen molar-refractivity contribution < 1.29 is 27.5 Å². The van der Waals surface area contributed by atoms with Gasteiger partial charge in [0.05, 0.1) is 46.3 Å². The second-order valence-corrected chi connectivity index (χ2v) is 19.6. The fourth-order valence-electron chi connectivity index (χ4n) is 11.0. The number of anilines is 5. The van der Waals surface area contributed by atoms with E-state index in [1.54, 1.807) is 0 Å². The van der Waals surface area contributed by atoms with Crippen LogP contribution < -0.4 is 36.0 Å². The highest BCUT2D eigenvalue weighted by Crippen LogP contribution is 2.48. The van der Waals surface area contributed by atoms with Crippen LogP contribution in [0, 0.1) is 23.1 Å². The number of carbonyl (C=O) groups excluding carboxylic acids is 2. The van der Waals surface area contributed by atoms with Crippen molar-refractivity contribution in [3.8, 4) is 5.75 Å². The molecule has 19 heteroatoms. The number of piperazine rings is 1. The highest BCUT2D eigenvalue weighted by atomic mass is 35.5. The largest absolute Gasteiger partial charge is 0.480 e. The minimum absolute atomic E-state index is 0.0128. The third kappa shape index (κ3) is 7.59. The third-order valence-electron chi connectivity index (χ3n) is 14.9. The van der Waals surface area contributed by atoms with Crippen molar-refractivity contribution in [3.05, 3.63) is 63.4 Å². The highest BCUT2D eigenvalue weighted by molar-refractivity contribution is 6.33. The Hall–Kier alpha value is -5.62. The van der Waals surface area contributed by atoms with Crippen LogP contribution in [0.5, 0.6) is 5.75 Å². The molecule has 5 fully saturated rings. The maximum Gasteiger partial charge on any atom is 0.301 e. The monoisotopic (exact) mass is 913 g/mol. The van der Waals surface area contributed by atoms with Crippen LogP contribution in [0.1, 0.15) is 63.0 Å². The van der Waals surface area contributed by atoms with Gasteiger partial charge in [-0.3, -0.25) is 29.3 Å². The summed E-state index contributed by atoms with van der Waals surface area (Å²) in [5.41, 5.74) is 2.78. The fourth-order valence-corrected chi connectivity index (χ4v) is 11.1. The molecule has 2 saturated carbocycles. The van der Waals surface area contributed by atoms with Crippen LogP contribution in [0.2, 0.25) is 5.02 Å². The van der Waals surface area contributed by atoms with E-state index in [0.29, 0.717) is 42.9 Å². The number of benzene rings is 2. The zero-order valence-electron chi connectivity index (χ0n) is 36.3. The predicted octanol–water partition coefficient (Wildman–Crippen LogP) is 6.31. The lowest BCUT2D eigenvalue weighted by Gasteiger charge is -2.54. The molecule has 65 heavy (non-hydrogen) atoms. The van der Waals surface area contributed by atoms with Gasteiger partial charge in [0, 0.05) is 94.3 Å². The standard InChI is InChI=1S/C46H51ClF3N11O4/c1-57-34-19-32(48)33(18-30(34)38-39(43(57)64)65-24-46(49,50)40(54-38)26-3-4-26)52-41-31(47)20-51-44(55-41)61-22-45(23-61)11-9-25(10-12-45)21-59-13-15-60(16-14-59)27-5-6-28-35(17-27)58(2)56-37(28)29-7-8-36(62)53-42(29)63/h5-6,17-20,25-26,29,40,54H,3-4,7-16,21-24H2,1-2H3,(H,51,52,55)(H,53,62,63)/t29?,40-/m0/s1. The second-order valence-electron chi connectivity index (χ2n) is 19.2. The molecule has 11 rings (SSSR count). The van der Waals surface area contributed by atoms with Crippen LogP contribution in [0.3, 0.4) is 0 Å². The summed E-state index contributed by atoms with van der Waals surface area (Å²) < 4.78 is 54.7. The Morgan fingerprint density at radius 2 is 1.71 bits per heavy atom. The van der Waals surface area contributed by atoms with Crippen LogP contribution >= 0.6 is 11.6 Å². The van der Waals surface area contributed by atoms with Crippen molar-refractivity contribution in [1.29, 1.82) is 0 Å². The average Bonchev–Trinajstić information content (AvgIpc) is 4.08. The molecule has 3 saturated heterocycles. The normalized spacial score (nSPS) is 23.5. The summed E-state index contributed by atoms with van der Waals surface area (Å²) in [7, 11) is 3.36. The van der Waals surface area contributed by atoms with Crippen LogP contribution in [-0.4, -0.2) is 105 Å². The van der Waals surface area contributed by atoms with Gasteiger partial charge < -0.3 is 29.7 Å². The Morgan fingerprint density at radius 1 is 0.938 bits per heavy atom. The number of fused-ring (bicyclic) bond motifs is 4. The van der Waals surface area contributed by atoms with E-state index in [-0.39, 0.29) is 56.6 Å². The van der Waals surface area contributed by atoms with Crippen molar-refractivity contribution in [1.82, 2.24) is 34.5 Å². The van der Waals surface area contributed by atoms with Crippen molar-refractivity contribution in [2.75, 3.05) is 72.9 Å². The van der Waals surface area contributed by atoms with E-state index in [4.69, 9.17) is 26.4 Å².